The van der Waals surface area contributed by atoms with Crippen molar-refractivity contribution in [3.05, 3.63) is 35.9 Å². The molecular formula is C13H21N3O3S. The second-order valence-electron chi connectivity index (χ2n) is 4.18. The minimum absolute atomic E-state index is 0.264. The van der Waals surface area contributed by atoms with E-state index in [9.17, 15) is 13.2 Å². The lowest BCUT2D eigenvalue weighted by Gasteiger charge is -2.25. The summed E-state index contributed by atoms with van der Waals surface area (Å²) in [6, 6.07) is 7.88. The molecule has 0 heterocycles. The van der Waals surface area contributed by atoms with Crippen LogP contribution in [0.3, 0.4) is 0 Å². The first kappa shape index (κ1) is 16.6. The average molecular weight is 299 g/mol. The van der Waals surface area contributed by atoms with Gasteiger partial charge in [0.15, 0.2) is 0 Å². The van der Waals surface area contributed by atoms with E-state index in [2.05, 4.69) is 9.44 Å². The molecule has 0 spiro atoms. The highest BCUT2D eigenvalue weighted by Gasteiger charge is 2.28. The summed E-state index contributed by atoms with van der Waals surface area (Å²) in [6.07, 6.45) is 0. The lowest BCUT2D eigenvalue weighted by atomic mass is 10.1. The minimum atomic E-state index is -3.71. The van der Waals surface area contributed by atoms with Gasteiger partial charge in [0.25, 0.3) is 10.2 Å². The molecule has 20 heavy (non-hydrogen) atoms. The van der Waals surface area contributed by atoms with Crippen molar-refractivity contribution in [2.75, 3.05) is 20.1 Å². The summed E-state index contributed by atoms with van der Waals surface area (Å²) < 4.78 is 27.9. The highest BCUT2D eigenvalue weighted by atomic mass is 32.2. The van der Waals surface area contributed by atoms with Crippen molar-refractivity contribution < 1.29 is 13.2 Å². The fraction of sp³-hybridized carbons (Fsp3) is 0.462. The third kappa shape index (κ3) is 4.29. The summed E-state index contributed by atoms with van der Waals surface area (Å²) in [7, 11) is -2.41. The summed E-state index contributed by atoms with van der Waals surface area (Å²) >= 11 is 0. The maximum absolute atomic E-state index is 12.5. The van der Waals surface area contributed by atoms with Crippen LogP contribution in [-0.2, 0) is 15.0 Å². The average Bonchev–Trinajstić information content (AvgIpc) is 2.47. The van der Waals surface area contributed by atoms with Gasteiger partial charge in [0.2, 0.25) is 5.91 Å². The molecule has 1 aromatic carbocycles. The summed E-state index contributed by atoms with van der Waals surface area (Å²) in [4.78, 5) is 14.1. The van der Waals surface area contributed by atoms with Crippen molar-refractivity contribution in [3.63, 3.8) is 0 Å². The van der Waals surface area contributed by atoms with Gasteiger partial charge in [-0.15, -0.1) is 0 Å². The molecule has 0 aliphatic heterocycles. The van der Waals surface area contributed by atoms with Crippen LogP contribution in [0, 0.1) is 0 Å². The third-order valence-corrected chi connectivity index (χ3v) is 4.08. The normalized spacial score (nSPS) is 12.9. The van der Waals surface area contributed by atoms with Gasteiger partial charge in [-0.25, -0.2) is 4.72 Å². The molecule has 7 heteroatoms. The molecule has 0 fully saturated rings. The lowest BCUT2D eigenvalue weighted by Crippen LogP contribution is -2.45. The molecule has 0 aromatic heterocycles. The fourth-order valence-corrected chi connectivity index (χ4v) is 2.50. The highest BCUT2D eigenvalue weighted by molar-refractivity contribution is 7.87. The molecule has 1 rings (SSSR count). The predicted molar refractivity (Wildman–Crippen MR) is 78.2 cm³/mol. The van der Waals surface area contributed by atoms with Gasteiger partial charge in [-0.3, -0.25) is 4.79 Å². The molecule has 0 aliphatic carbocycles. The maximum atomic E-state index is 12.5. The molecule has 2 N–H and O–H groups in total. The van der Waals surface area contributed by atoms with Crippen molar-refractivity contribution in [2.24, 2.45) is 0 Å². The summed E-state index contributed by atoms with van der Waals surface area (Å²) in [5.74, 6) is -0.264. The quantitative estimate of drug-likeness (QED) is 0.776. The van der Waals surface area contributed by atoms with Gasteiger partial charge in [0.05, 0.1) is 0 Å². The standard InChI is InChI=1S/C13H21N3O3S/c1-4-16(5-2)13(17)12(15-20(18,19)14-3)11-9-7-6-8-10-11/h6-10,12,14-15H,4-5H2,1-3H3. The van der Waals surface area contributed by atoms with Gasteiger partial charge in [-0.05, 0) is 19.4 Å². The van der Waals surface area contributed by atoms with Crippen molar-refractivity contribution in [1.29, 1.82) is 0 Å². The SMILES string of the molecule is CCN(CC)C(=O)C(NS(=O)(=O)NC)c1ccccc1. The van der Waals surface area contributed by atoms with Crippen LogP contribution in [0.25, 0.3) is 0 Å². The van der Waals surface area contributed by atoms with Gasteiger partial charge in [-0.1, -0.05) is 30.3 Å². The summed E-state index contributed by atoms with van der Waals surface area (Å²) in [6.45, 7) is 4.77. The van der Waals surface area contributed by atoms with E-state index in [1.54, 1.807) is 29.2 Å². The van der Waals surface area contributed by atoms with E-state index in [4.69, 9.17) is 0 Å². The van der Waals surface area contributed by atoms with Gasteiger partial charge >= 0.3 is 0 Å². The van der Waals surface area contributed by atoms with Gasteiger partial charge in [0.1, 0.15) is 6.04 Å². The summed E-state index contributed by atoms with van der Waals surface area (Å²) in [5, 5.41) is 0. The second kappa shape index (κ2) is 7.37. The Hall–Kier alpha value is -1.44. The van der Waals surface area contributed by atoms with E-state index in [1.165, 1.54) is 7.05 Å². The van der Waals surface area contributed by atoms with Crippen LogP contribution in [-0.4, -0.2) is 39.4 Å². The Morgan fingerprint density at radius 1 is 1.20 bits per heavy atom. The number of likely N-dealkylation sites (N-methyl/N-ethyl adjacent to an activating group) is 1. The topological polar surface area (TPSA) is 78.5 Å². The number of benzene rings is 1. The number of hydrogen-bond donors (Lipinski definition) is 2. The smallest absolute Gasteiger partial charge is 0.277 e. The number of rotatable bonds is 7. The van der Waals surface area contributed by atoms with Crippen molar-refractivity contribution in [1.82, 2.24) is 14.3 Å². The van der Waals surface area contributed by atoms with Crippen LogP contribution in [0.1, 0.15) is 25.5 Å². The zero-order valence-corrected chi connectivity index (χ0v) is 12.8. The number of nitrogens with zero attached hydrogens (tertiary/aromatic N) is 1. The van der Waals surface area contributed by atoms with Crippen molar-refractivity contribution >= 4 is 16.1 Å². The summed E-state index contributed by atoms with van der Waals surface area (Å²) in [5.41, 5.74) is 0.614. The molecule has 0 aliphatic rings. The van der Waals surface area contributed by atoms with Crippen molar-refractivity contribution in [2.45, 2.75) is 19.9 Å². The van der Waals surface area contributed by atoms with E-state index in [0.29, 0.717) is 18.7 Å². The van der Waals surface area contributed by atoms with Gasteiger partial charge < -0.3 is 4.90 Å². The number of nitrogens with one attached hydrogen (secondary N) is 2. The second-order valence-corrected chi connectivity index (χ2v) is 5.83. The largest absolute Gasteiger partial charge is 0.342 e. The van der Waals surface area contributed by atoms with Crippen LogP contribution in [0.15, 0.2) is 30.3 Å². The van der Waals surface area contributed by atoms with Gasteiger partial charge in [0, 0.05) is 20.1 Å². The molecule has 1 unspecified atom stereocenters. The Balaban J connectivity index is 3.11. The first-order valence-corrected chi connectivity index (χ1v) is 7.98. The van der Waals surface area contributed by atoms with Crippen LogP contribution < -0.4 is 9.44 Å². The maximum Gasteiger partial charge on any atom is 0.277 e. The van der Waals surface area contributed by atoms with E-state index >= 15 is 0 Å². The van der Waals surface area contributed by atoms with Crippen LogP contribution >= 0.6 is 0 Å². The first-order valence-electron chi connectivity index (χ1n) is 6.49. The third-order valence-electron chi connectivity index (χ3n) is 3.00. The number of carbonyl (C=O) groups is 1. The Bertz CT molecular complexity index is 527. The lowest BCUT2D eigenvalue weighted by molar-refractivity contribution is -0.132. The Morgan fingerprint density at radius 2 is 1.75 bits per heavy atom. The molecule has 1 atom stereocenters. The zero-order valence-electron chi connectivity index (χ0n) is 12.0. The Labute approximate surface area is 120 Å². The molecule has 1 amide bonds. The number of amides is 1. The van der Waals surface area contributed by atoms with Gasteiger partial charge in [-0.2, -0.15) is 13.1 Å². The molecule has 0 radical (unpaired) electrons. The molecule has 0 saturated carbocycles. The molecular weight excluding hydrogens is 278 g/mol. The van der Waals surface area contributed by atoms with E-state index in [1.807, 2.05) is 19.9 Å². The zero-order chi connectivity index (χ0) is 15.2. The van der Waals surface area contributed by atoms with E-state index in [-0.39, 0.29) is 5.91 Å². The monoisotopic (exact) mass is 299 g/mol. The van der Waals surface area contributed by atoms with Crippen LogP contribution in [0.5, 0.6) is 0 Å². The Kier molecular flexibility index (Phi) is 6.12. The van der Waals surface area contributed by atoms with E-state index < -0.39 is 16.3 Å². The molecule has 0 saturated heterocycles. The fourth-order valence-electron chi connectivity index (χ4n) is 1.84. The molecule has 1 aromatic rings. The number of hydrogen-bond acceptors (Lipinski definition) is 3. The van der Waals surface area contributed by atoms with Crippen LogP contribution in [0.4, 0.5) is 0 Å². The molecule has 112 valence electrons. The predicted octanol–water partition coefficient (Wildman–Crippen LogP) is 0.650. The first-order chi connectivity index (χ1) is 9.45. The highest BCUT2D eigenvalue weighted by Crippen LogP contribution is 2.16. The Morgan fingerprint density at radius 3 is 2.20 bits per heavy atom. The minimum Gasteiger partial charge on any atom is -0.342 e. The number of carbonyl (C=O) groups excluding carboxylic acids is 1. The molecule has 6 nitrogen and oxygen atoms in total. The van der Waals surface area contributed by atoms with Crippen LogP contribution in [0.2, 0.25) is 0 Å². The molecule has 0 bridgehead atoms. The van der Waals surface area contributed by atoms with Crippen molar-refractivity contribution in [3.8, 4) is 0 Å². The van der Waals surface area contributed by atoms with E-state index in [0.717, 1.165) is 0 Å².